The molecule has 0 aliphatic heterocycles. The zero-order valence-electron chi connectivity index (χ0n) is 8.83. The first-order valence-corrected chi connectivity index (χ1v) is 4.42. The molecule has 0 aliphatic carbocycles. The predicted octanol–water partition coefficient (Wildman–Crippen LogP) is 2.87. The highest BCUT2D eigenvalue weighted by Gasteiger charge is 2.03. The molecule has 0 saturated carbocycles. The van der Waals surface area contributed by atoms with Gasteiger partial charge < -0.3 is 0 Å². The van der Waals surface area contributed by atoms with Gasteiger partial charge in [-0.25, -0.2) is 0 Å². The lowest BCUT2D eigenvalue weighted by molar-refractivity contribution is 0.325. The molecule has 0 fully saturated rings. The molecule has 70 valence electrons. The van der Waals surface area contributed by atoms with Gasteiger partial charge in [-0.1, -0.05) is 19.4 Å². The third-order valence-electron chi connectivity index (χ3n) is 1.94. The van der Waals surface area contributed by atoms with Gasteiger partial charge in [0.05, 0.1) is 0 Å². The molecule has 0 saturated heterocycles. The van der Waals surface area contributed by atoms with Crippen LogP contribution in [-0.2, 0) is 0 Å². The van der Waals surface area contributed by atoms with E-state index in [1.165, 1.54) is 5.57 Å². The zero-order chi connectivity index (χ0) is 9.72. The first kappa shape index (κ1) is 11.2. The summed E-state index contributed by atoms with van der Waals surface area (Å²) in [6, 6.07) is 0.385. The highest BCUT2D eigenvalue weighted by molar-refractivity contribution is 5.23. The SMILES string of the molecule is C=NN(/C=C(\C)C(C)C)C(C)C. The van der Waals surface area contributed by atoms with Crippen molar-refractivity contribution in [2.75, 3.05) is 0 Å². The van der Waals surface area contributed by atoms with Crippen LogP contribution in [0.4, 0.5) is 0 Å². The van der Waals surface area contributed by atoms with Gasteiger partial charge >= 0.3 is 0 Å². The maximum Gasteiger partial charge on any atom is 0.0462 e. The molecular formula is C10H20N2. The van der Waals surface area contributed by atoms with Crippen LogP contribution in [0.5, 0.6) is 0 Å². The van der Waals surface area contributed by atoms with Gasteiger partial charge in [0.15, 0.2) is 0 Å². The van der Waals surface area contributed by atoms with E-state index in [2.05, 4.69) is 52.6 Å². The van der Waals surface area contributed by atoms with Crippen molar-refractivity contribution in [1.82, 2.24) is 5.01 Å². The van der Waals surface area contributed by atoms with Crippen LogP contribution in [0.1, 0.15) is 34.6 Å². The van der Waals surface area contributed by atoms with Crippen molar-refractivity contribution < 1.29 is 0 Å². The minimum Gasteiger partial charge on any atom is -0.271 e. The monoisotopic (exact) mass is 168 g/mol. The maximum absolute atomic E-state index is 3.92. The van der Waals surface area contributed by atoms with Gasteiger partial charge in [0.2, 0.25) is 0 Å². The van der Waals surface area contributed by atoms with Gasteiger partial charge in [0.25, 0.3) is 0 Å². The molecule has 0 spiro atoms. The Hall–Kier alpha value is -0.790. The van der Waals surface area contributed by atoms with E-state index >= 15 is 0 Å². The minimum atomic E-state index is 0.385. The summed E-state index contributed by atoms with van der Waals surface area (Å²) in [7, 11) is 0. The highest BCUT2D eigenvalue weighted by Crippen LogP contribution is 2.11. The first-order chi connectivity index (χ1) is 5.49. The predicted molar refractivity (Wildman–Crippen MR) is 55.1 cm³/mol. The minimum absolute atomic E-state index is 0.385. The van der Waals surface area contributed by atoms with Crippen molar-refractivity contribution in [3.8, 4) is 0 Å². The molecular weight excluding hydrogens is 148 g/mol. The second-order valence-electron chi connectivity index (χ2n) is 3.64. The van der Waals surface area contributed by atoms with E-state index in [9.17, 15) is 0 Å². The smallest absolute Gasteiger partial charge is 0.0462 e. The summed E-state index contributed by atoms with van der Waals surface area (Å²) in [6.45, 7) is 14.2. The third kappa shape index (κ3) is 3.56. The molecule has 2 heteroatoms. The van der Waals surface area contributed by atoms with E-state index in [0.29, 0.717) is 12.0 Å². The van der Waals surface area contributed by atoms with Crippen LogP contribution in [0.25, 0.3) is 0 Å². The number of hydrazone groups is 1. The number of nitrogens with zero attached hydrogens (tertiary/aromatic N) is 2. The fourth-order valence-corrected chi connectivity index (χ4v) is 0.711. The van der Waals surface area contributed by atoms with Crippen molar-refractivity contribution in [3.05, 3.63) is 11.8 Å². The van der Waals surface area contributed by atoms with Crippen LogP contribution < -0.4 is 0 Å². The fraction of sp³-hybridized carbons (Fsp3) is 0.700. The zero-order valence-corrected chi connectivity index (χ0v) is 8.83. The lowest BCUT2D eigenvalue weighted by atomic mass is 10.1. The standard InChI is InChI=1S/C10H20N2/c1-8(2)10(5)7-12(11-6)9(3)4/h7-9H,6H2,1-5H3/b10-7+. The molecule has 0 unspecified atom stereocenters. The van der Waals surface area contributed by atoms with Crippen LogP contribution in [0.3, 0.4) is 0 Å². The second kappa shape index (κ2) is 4.96. The van der Waals surface area contributed by atoms with Crippen molar-refractivity contribution >= 4 is 6.72 Å². The number of rotatable bonds is 4. The van der Waals surface area contributed by atoms with E-state index < -0.39 is 0 Å². The van der Waals surface area contributed by atoms with Gasteiger partial charge in [0, 0.05) is 19.0 Å². The molecule has 0 amide bonds. The van der Waals surface area contributed by atoms with Gasteiger partial charge in [-0.3, -0.25) is 5.01 Å². The van der Waals surface area contributed by atoms with Gasteiger partial charge in [0.1, 0.15) is 0 Å². The van der Waals surface area contributed by atoms with Gasteiger partial charge in [-0.2, -0.15) is 5.10 Å². The third-order valence-corrected chi connectivity index (χ3v) is 1.94. The van der Waals surface area contributed by atoms with Crippen molar-refractivity contribution in [2.24, 2.45) is 11.0 Å². The average Bonchev–Trinajstić information content (AvgIpc) is 1.98. The Morgan fingerprint density at radius 1 is 1.33 bits per heavy atom. The number of allylic oxidation sites excluding steroid dienone is 1. The normalized spacial score (nSPS) is 12.4. The van der Waals surface area contributed by atoms with Crippen LogP contribution in [-0.4, -0.2) is 17.8 Å². The molecule has 0 aromatic rings. The Morgan fingerprint density at radius 3 is 2.08 bits per heavy atom. The second-order valence-corrected chi connectivity index (χ2v) is 3.64. The average molecular weight is 168 g/mol. The van der Waals surface area contributed by atoms with Crippen LogP contribution >= 0.6 is 0 Å². The van der Waals surface area contributed by atoms with E-state index in [0.717, 1.165) is 0 Å². The summed E-state index contributed by atoms with van der Waals surface area (Å²) in [6.07, 6.45) is 2.06. The summed E-state index contributed by atoms with van der Waals surface area (Å²) in [5.41, 5.74) is 1.33. The molecule has 0 bridgehead atoms. The molecule has 0 radical (unpaired) electrons. The lowest BCUT2D eigenvalue weighted by Crippen LogP contribution is -2.19. The van der Waals surface area contributed by atoms with Crippen LogP contribution in [0, 0.1) is 5.92 Å². The highest BCUT2D eigenvalue weighted by atomic mass is 15.4. The number of hydrogen-bond acceptors (Lipinski definition) is 2. The van der Waals surface area contributed by atoms with Crippen LogP contribution in [0.2, 0.25) is 0 Å². The summed E-state index contributed by atoms with van der Waals surface area (Å²) >= 11 is 0. The molecule has 12 heavy (non-hydrogen) atoms. The van der Waals surface area contributed by atoms with Gasteiger partial charge in [-0.15, -0.1) is 0 Å². The molecule has 0 heterocycles. The molecule has 0 atom stereocenters. The summed E-state index contributed by atoms with van der Waals surface area (Å²) in [5.74, 6) is 0.577. The van der Waals surface area contributed by atoms with E-state index in [1.54, 1.807) is 0 Å². The largest absolute Gasteiger partial charge is 0.271 e. The molecule has 0 rings (SSSR count). The number of hydrogen-bond donors (Lipinski definition) is 0. The lowest BCUT2D eigenvalue weighted by Gasteiger charge is -2.20. The Bertz CT molecular complexity index is 169. The summed E-state index contributed by atoms with van der Waals surface area (Å²) in [5, 5.41) is 5.80. The molecule has 0 aromatic carbocycles. The molecule has 0 aromatic heterocycles. The van der Waals surface area contributed by atoms with E-state index in [-0.39, 0.29) is 0 Å². The Kier molecular flexibility index (Phi) is 4.64. The molecule has 0 aliphatic rings. The van der Waals surface area contributed by atoms with E-state index in [4.69, 9.17) is 0 Å². The van der Waals surface area contributed by atoms with Gasteiger partial charge in [-0.05, 0) is 26.7 Å². The van der Waals surface area contributed by atoms with Crippen molar-refractivity contribution in [3.63, 3.8) is 0 Å². The quantitative estimate of drug-likeness (QED) is 0.465. The first-order valence-electron chi connectivity index (χ1n) is 4.42. The Morgan fingerprint density at radius 2 is 1.83 bits per heavy atom. The maximum atomic E-state index is 3.92. The fourth-order valence-electron chi connectivity index (χ4n) is 0.711. The van der Waals surface area contributed by atoms with Crippen LogP contribution in [0.15, 0.2) is 16.9 Å². The summed E-state index contributed by atoms with van der Waals surface area (Å²) < 4.78 is 0. The molecule has 2 nitrogen and oxygen atoms in total. The van der Waals surface area contributed by atoms with E-state index in [1.807, 2.05) is 5.01 Å². The van der Waals surface area contributed by atoms with Crippen molar-refractivity contribution in [2.45, 2.75) is 40.7 Å². The topological polar surface area (TPSA) is 15.6 Å². The Labute approximate surface area is 76.0 Å². The summed E-state index contributed by atoms with van der Waals surface area (Å²) in [4.78, 5) is 0. The Balaban J connectivity index is 4.35. The van der Waals surface area contributed by atoms with Crippen molar-refractivity contribution in [1.29, 1.82) is 0 Å². The molecule has 0 N–H and O–H groups in total.